The summed E-state index contributed by atoms with van der Waals surface area (Å²) < 4.78 is 13.7. The first-order valence-electron chi connectivity index (χ1n) is 12.6. The third kappa shape index (κ3) is 4.70. The molecule has 33 heavy (non-hydrogen) atoms. The fraction of sp³-hybridized carbons (Fsp3) is 0.680. The molecule has 180 valence electrons. The molecule has 2 aromatic rings. The minimum Gasteiger partial charge on any atom is -0.320 e. The zero-order valence-electron chi connectivity index (χ0n) is 19.5. The van der Waals surface area contributed by atoms with E-state index in [1.165, 1.54) is 38.5 Å². The number of nitrogens with zero attached hydrogens (tertiary/aromatic N) is 3. The maximum atomic E-state index is 13.3. The highest BCUT2D eigenvalue weighted by atomic mass is 31.2. The number of aromatic nitrogens is 2. The highest BCUT2D eigenvalue weighted by molar-refractivity contribution is 7.59. The molecule has 5 rings (SSSR count). The molecule has 1 unspecified atom stereocenters. The molecule has 0 radical (unpaired) electrons. The van der Waals surface area contributed by atoms with Crippen molar-refractivity contribution in [3.8, 4) is 0 Å². The van der Waals surface area contributed by atoms with Crippen molar-refractivity contribution in [2.75, 3.05) is 6.54 Å². The van der Waals surface area contributed by atoms with Gasteiger partial charge in [0.15, 0.2) is 0 Å². The quantitative estimate of drug-likeness (QED) is 0.638. The van der Waals surface area contributed by atoms with Gasteiger partial charge in [-0.05, 0) is 69.0 Å². The second kappa shape index (κ2) is 9.26. The van der Waals surface area contributed by atoms with Gasteiger partial charge < -0.3 is 14.4 Å². The Hall–Kier alpha value is -1.53. The van der Waals surface area contributed by atoms with E-state index in [4.69, 9.17) is 0 Å². The zero-order valence-corrected chi connectivity index (χ0v) is 20.4. The predicted molar refractivity (Wildman–Crippen MR) is 130 cm³/mol. The average Bonchev–Trinajstić information content (AvgIpc) is 2.76. The van der Waals surface area contributed by atoms with E-state index in [0.717, 1.165) is 44.1 Å². The van der Waals surface area contributed by atoms with Crippen LogP contribution in [0.4, 0.5) is 0 Å². The van der Waals surface area contributed by atoms with Gasteiger partial charge in [-0.15, -0.1) is 0 Å². The molecule has 7 nitrogen and oxygen atoms in total. The van der Waals surface area contributed by atoms with Gasteiger partial charge in [-0.3, -0.25) is 14.3 Å². The molecule has 8 heteroatoms. The van der Waals surface area contributed by atoms with Crippen LogP contribution in [-0.2, 0) is 4.57 Å². The van der Waals surface area contributed by atoms with Crippen molar-refractivity contribution >= 4 is 24.1 Å². The number of hydrogen-bond acceptors (Lipinski definition) is 4. The van der Waals surface area contributed by atoms with Crippen molar-refractivity contribution in [1.29, 1.82) is 0 Å². The average molecular weight is 474 g/mol. The number of benzene rings is 1. The number of hydrogen-bond donors (Lipinski definition) is 2. The smallest absolute Gasteiger partial charge is 0.320 e. The summed E-state index contributed by atoms with van der Waals surface area (Å²) in [6.07, 6.45) is 11.9. The maximum Gasteiger partial charge on any atom is 0.380 e. The topological polar surface area (TPSA) is 95.7 Å². The summed E-state index contributed by atoms with van der Waals surface area (Å²) >= 11 is 0. The molecule has 2 bridgehead atoms. The van der Waals surface area contributed by atoms with E-state index < -0.39 is 18.6 Å². The fourth-order valence-electron chi connectivity index (χ4n) is 6.87. The van der Waals surface area contributed by atoms with E-state index in [1.54, 1.807) is 16.7 Å². The molecule has 2 aliphatic heterocycles. The number of fused-ring (bicyclic) bond motifs is 3. The molecule has 2 N–H and O–H groups in total. The maximum absolute atomic E-state index is 13.3. The zero-order chi connectivity index (χ0) is 23.2. The van der Waals surface area contributed by atoms with Crippen LogP contribution in [0.2, 0.25) is 0 Å². The van der Waals surface area contributed by atoms with Gasteiger partial charge in [0, 0.05) is 18.1 Å². The number of piperidine rings is 2. The molecule has 1 saturated carbocycles. The summed E-state index contributed by atoms with van der Waals surface area (Å²) in [6, 6.07) is 8.03. The normalized spacial score (nSPS) is 31.1. The second-order valence-electron chi connectivity index (χ2n) is 10.7. The van der Waals surface area contributed by atoms with Gasteiger partial charge in [0.2, 0.25) is 5.44 Å². The lowest BCUT2D eigenvalue weighted by atomic mass is 9.78. The molecule has 5 atom stereocenters. The van der Waals surface area contributed by atoms with Gasteiger partial charge in [0.25, 0.3) is 5.56 Å². The van der Waals surface area contributed by atoms with E-state index in [9.17, 15) is 19.1 Å². The Bertz CT molecular complexity index is 1100. The molecule has 1 aromatic heterocycles. The standard InChI is InChI=1S/C25H36N3O4P/c1-17-6-4-7-18(14-17)12-13-27-19-8-5-9-20(27)16-21(15-19)28-23-11-3-2-10-22(23)26-24(25(28)29)33(30,31)32/h2-3,10-11,17-21H,4-9,12-16H2,1H3,(H2,30,31,32)/t17-,18-,19-,20+,21?/m1/s1. The largest absolute Gasteiger partial charge is 0.380 e. The summed E-state index contributed by atoms with van der Waals surface area (Å²) in [5.41, 5.74) is -0.114. The third-order valence-electron chi connectivity index (χ3n) is 8.36. The van der Waals surface area contributed by atoms with E-state index in [-0.39, 0.29) is 6.04 Å². The Morgan fingerprint density at radius 1 is 1.00 bits per heavy atom. The van der Waals surface area contributed by atoms with E-state index in [1.807, 2.05) is 12.1 Å². The summed E-state index contributed by atoms with van der Waals surface area (Å²) in [5, 5.41) is 0. The predicted octanol–water partition coefficient (Wildman–Crippen LogP) is 3.97. The van der Waals surface area contributed by atoms with Crippen molar-refractivity contribution in [1.82, 2.24) is 14.5 Å². The van der Waals surface area contributed by atoms with Crippen molar-refractivity contribution in [2.24, 2.45) is 11.8 Å². The van der Waals surface area contributed by atoms with E-state index in [2.05, 4.69) is 16.8 Å². The summed E-state index contributed by atoms with van der Waals surface area (Å²) in [7, 11) is -4.76. The Balaban J connectivity index is 1.42. The van der Waals surface area contributed by atoms with Crippen molar-refractivity contribution < 1.29 is 14.4 Å². The van der Waals surface area contributed by atoms with Crippen LogP contribution in [-0.4, -0.2) is 42.9 Å². The van der Waals surface area contributed by atoms with Gasteiger partial charge in [-0.25, -0.2) is 4.98 Å². The van der Waals surface area contributed by atoms with Gasteiger partial charge in [-0.2, -0.15) is 0 Å². The van der Waals surface area contributed by atoms with Crippen LogP contribution in [0.15, 0.2) is 29.1 Å². The molecule has 0 spiro atoms. The first kappa shape index (κ1) is 23.2. The monoisotopic (exact) mass is 473 g/mol. The highest BCUT2D eigenvalue weighted by Crippen LogP contribution is 2.41. The Morgan fingerprint density at radius 3 is 2.39 bits per heavy atom. The lowest BCUT2D eigenvalue weighted by Crippen LogP contribution is -2.54. The molecule has 3 fully saturated rings. The van der Waals surface area contributed by atoms with Gasteiger partial charge >= 0.3 is 7.60 Å². The van der Waals surface area contributed by atoms with Gasteiger partial charge in [0.1, 0.15) is 0 Å². The molecule has 1 aromatic carbocycles. The van der Waals surface area contributed by atoms with Crippen molar-refractivity contribution in [3.63, 3.8) is 0 Å². The van der Waals surface area contributed by atoms with Crippen molar-refractivity contribution in [2.45, 2.75) is 89.3 Å². The van der Waals surface area contributed by atoms with Gasteiger partial charge in [-0.1, -0.05) is 44.7 Å². The van der Waals surface area contributed by atoms with E-state index >= 15 is 0 Å². The molecular weight excluding hydrogens is 437 g/mol. The second-order valence-corrected chi connectivity index (χ2v) is 12.2. The summed E-state index contributed by atoms with van der Waals surface area (Å²) in [5.74, 6) is 1.69. The lowest BCUT2D eigenvalue weighted by molar-refractivity contribution is 0.0112. The first-order valence-corrected chi connectivity index (χ1v) is 14.3. The van der Waals surface area contributed by atoms with Crippen LogP contribution in [0, 0.1) is 11.8 Å². The molecule has 2 saturated heterocycles. The minimum atomic E-state index is -4.76. The molecular formula is C25H36N3O4P. The Kier molecular flexibility index (Phi) is 6.51. The lowest BCUT2D eigenvalue weighted by Gasteiger charge is -2.50. The van der Waals surface area contributed by atoms with Crippen LogP contribution in [0.25, 0.3) is 11.0 Å². The van der Waals surface area contributed by atoms with Gasteiger partial charge in [0.05, 0.1) is 11.0 Å². The molecule has 3 heterocycles. The summed E-state index contributed by atoms with van der Waals surface area (Å²) in [6.45, 7) is 3.52. The van der Waals surface area contributed by atoms with Crippen LogP contribution in [0.3, 0.4) is 0 Å². The third-order valence-corrected chi connectivity index (χ3v) is 9.20. The van der Waals surface area contributed by atoms with E-state index in [0.29, 0.717) is 23.1 Å². The van der Waals surface area contributed by atoms with Crippen LogP contribution in [0.1, 0.15) is 77.2 Å². The van der Waals surface area contributed by atoms with Crippen LogP contribution < -0.4 is 11.0 Å². The minimum absolute atomic E-state index is 0.0584. The van der Waals surface area contributed by atoms with Crippen LogP contribution in [0.5, 0.6) is 0 Å². The Labute approximate surface area is 195 Å². The SMILES string of the molecule is C[C@@H]1CCC[C@H](CCN2[C@@H]3CCC[C@H]2CC(n2c(=O)c(P(=O)(O)O)nc4ccccc42)C3)C1. The van der Waals surface area contributed by atoms with Crippen molar-refractivity contribution in [3.05, 3.63) is 34.6 Å². The Morgan fingerprint density at radius 2 is 1.70 bits per heavy atom. The summed E-state index contributed by atoms with van der Waals surface area (Å²) in [4.78, 5) is 39.7. The number of rotatable bonds is 5. The van der Waals surface area contributed by atoms with Crippen LogP contribution >= 0.6 is 7.60 Å². The highest BCUT2D eigenvalue weighted by Gasteiger charge is 2.40. The first-order chi connectivity index (χ1) is 15.8. The number of para-hydroxylation sites is 2. The molecule has 3 aliphatic rings. The fourth-order valence-corrected chi connectivity index (χ4v) is 7.47. The molecule has 1 aliphatic carbocycles. The molecule has 0 amide bonds.